The number of sulfonamides is 1. The summed E-state index contributed by atoms with van der Waals surface area (Å²) in [6.07, 6.45) is 0.858. The Labute approximate surface area is 110 Å². The van der Waals surface area contributed by atoms with Crippen molar-refractivity contribution in [2.75, 3.05) is 13.6 Å². The highest BCUT2D eigenvalue weighted by molar-refractivity contribution is 7.89. The molecule has 0 aromatic heterocycles. The van der Waals surface area contributed by atoms with Gasteiger partial charge in [0.05, 0.1) is 4.90 Å². The Morgan fingerprint density at radius 2 is 1.78 bits per heavy atom. The smallest absolute Gasteiger partial charge is 0.242 e. The zero-order chi connectivity index (χ0) is 13.8. The van der Waals surface area contributed by atoms with Crippen LogP contribution in [0.5, 0.6) is 0 Å². The Hall–Kier alpha value is -0.910. The first-order valence-electron chi connectivity index (χ1n) is 6.13. The van der Waals surface area contributed by atoms with E-state index in [1.807, 2.05) is 0 Å². The normalized spacial score (nSPS) is 12.3. The van der Waals surface area contributed by atoms with E-state index in [9.17, 15) is 8.42 Å². The molecule has 0 saturated carbocycles. The van der Waals surface area contributed by atoms with E-state index >= 15 is 0 Å². The van der Waals surface area contributed by atoms with Crippen molar-refractivity contribution >= 4 is 10.0 Å². The average molecular weight is 270 g/mol. The van der Waals surface area contributed by atoms with Crippen molar-refractivity contribution < 1.29 is 8.42 Å². The van der Waals surface area contributed by atoms with E-state index in [0.717, 1.165) is 12.0 Å². The fourth-order valence-electron chi connectivity index (χ4n) is 1.54. The third kappa shape index (κ3) is 3.80. The van der Waals surface area contributed by atoms with Gasteiger partial charge in [0.2, 0.25) is 10.0 Å². The highest BCUT2D eigenvalue weighted by Gasteiger charge is 2.20. The molecular weight excluding hydrogens is 248 g/mol. The zero-order valence-electron chi connectivity index (χ0n) is 11.3. The number of benzene rings is 1. The Kier molecular flexibility index (Phi) is 5.31. The van der Waals surface area contributed by atoms with E-state index < -0.39 is 10.0 Å². The number of hydrogen-bond donors (Lipinski definition) is 1. The van der Waals surface area contributed by atoms with Gasteiger partial charge in [-0.05, 0) is 30.0 Å². The van der Waals surface area contributed by atoms with Crippen LogP contribution < -0.4 is 5.73 Å². The number of hydrogen-bond acceptors (Lipinski definition) is 3. The van der Waals surface area contributed by atoms with Gasteiger partial charge < -0.3 is 5.73 Å². The lowest BCUT2D eigenvalue weighted by molar-refractivity contribution is 0.428. The molecule has 102 valence electrons. The monoisotopic (exact) mass is 270 g/mol. The topological polar surface area (TPSA) is 63.4 Å². The van der Waals surface area contributed by atoms with Crippen molar-refractivity contribution in [3.63, 3.8) is 0 Å². The maximum absolute atomic E-state index is 12.2. The van der Waals surface area contributed by atoms with Crippen LogP contribution in [-0.2, 0) is 16.6 Å². The van der Waals surface area contributed by atoms with Crippen LogP contribution in [-0.4, -0.2) is 26.3 Å². The Morgan fingerprint density at radius 1 is 1.22 bits per heavy atom. The summed E-state index contributed by atoms with van der Waals surface area (Å²) < 4.78 is 25.9. The fraction of sp³-hybridized carbons (Fsp3) is 0.538. The summed E-state index contributed by atoms with van der Waals surface area (Å²) in [6, 6.07) is 6.74. The van der Waals surface area contributed by atoms with E-state index in [1.165, 1.54) is 4.31 Å². The molecular formula is C13H22N2O2S. The average Bonchev–Trinajstić information content (AvgIpc) is 2.35. The van der Waals surface area contributed by atoms with Gasteiger partial charge in [0.15, 0.2) is 0 Å². The number of nitrogens with two attached hydrogens (primary N) is 1. The van der Waals surface area contributed by atoms with Crippen LogP contribution in [0.2, 0.25) is 0 Å². The predicted octanol–water partition coefficient (Wildman–Crippen LogP) is 1.81. The van der Waals surface area contributed by atoms with Gasteiger partial charge in [0, 0.05) is 20.1 Å². The zero-order valence-corrected chi connectivity index (χ0v) is 12.1. The lowest BCUT2D eigenvalue weighted by Gasteiger charge is -2.18. The maximum Gasteiger partial charge on any atom is 0.242 e. The summed E-state index contributed by atoms with van der Waals surface area (Å²) in [4.78, 5) is 0.325. The SMILES string of the molecule is CC(C)CCN(C)S(=O)(=O)c1ccc(CN)cc1. The summed E-state index contributed by atoms with van der Waals surface area (Å²) in [7, 11) is -1.75. The molecule has 0 aliphatic carbocycles. The van der Waals surface area contributed by atoms with Crippen LogP contribution in [0.25, 0.3) is 0 Å². The molecule has 1 aromatic rings. The van der Waals surface area contributed by atoms with Crippen molar-refractivity contribution in [1.29, 1.82) is 0 Å². The molecule has 0 atom stereocenters. The second kappa shape index (κ2) is 6.31. The van der Waals surface area contributed by atoms with Crippen LogP contribution in [0.3, 0.4) is 0 Å². The van der Waals surface area contributed by atoms with E-state index in [2.05, 4.69) is 13.8 Å². The second-order valence-electron chi connectivity index (χ2n) is 4.86. The van der Waals surface area contributed by atoms with Gasteiger partial charge in [-0.25, -0.2) is 12.7 Å². The Balaban J connectivity index is 2.84. The van der Waals surface area contributed by atoms with Gasteiger partial charge in [-0.15, -0.1) is 0 Å². The molecule has 1 rings (SSSR count). The summed E-state index contributed by atoms with van der Waals surface area (Å²) in [5.41, 5.74) is 6.42. The maximum atomic E-state index is 12.2. The summed E-state index contributed by atoms with van der Waals surface area (Å²) in [5, 5.41) is 0. The molecule has 0 aliphatic heterocycles. The molecule has 18 heavy (non-hydrogen) atoms. The highest BCUT2D eigenvalue weighted by Crippen LogP contribution is 2.16. The molecule has 0 fully saturated rings. The van der Waals surface area contributed by atoms with Gasteiger partial charge in [-0.2, -0.15) is 0 Å². The standard InChI is InChI=1S/C13H22N2O2S/c1-11(2)8-9-15(3)18(16,17)13-6-4-12(10-14)5-7-13/h4-7,11H,8-10,14H2,1-3H3. The first kappa shape index (κ1) is 15.1. The van der Waals surface area contributed by atoms with Crippen molar-refractivity contribution in [2.24, 2.45) is 11.7 Å². The molecule has 5 heteroatoms. The minimum atomic E-state index is -3.37. The van der Waals surface area contributed by atoms with Crippen molar-refractivity contribution in [3.05, 3.63) is 29.8 Å². The van der Waals surface area contributed by atoms with Gasteiger partial charge in [-0.1, -0.05) is 26.0 Å². The molecule has 4 nitrogen and oxygen atoms in total. The van der Waals surface area contributed by atoms with E-state index in [0.29, 0.717) is 23.9 Å². The lowest BCUT2D eigenvalue weighted by atomic mass is 10.1. The quantitative estimate of drug-likeness (QED) is 0.857. The van der Waals surface area contributed by atoms with Crippen LogP contribution >= 0.6 is 0 Å². The second-order valence-corrected chi connectivity index (χ2v) is 6.90. The molecule has 0 spiro atoms. The summed E-state index contributed by atoms with van der Waals surface area (Å²) in [6.45, 7) is 5.12. The minimum Gasteiger partial charge on any atom is -0.326 e. The van der Waals surface area contributed by atoms with E-state index in [4.69, 9.17) is 5.73 Å². The molecule has 0 amide bonds. The largest absolute Gasteiger partial charge is 0.326 e. The van der Waals surface area contributed by atoms with Crippen LogP contribution in [0, 0.1) is 5.92 Å². The third-order valence-corrected chi connectivity index (χ3v) is 4.76. The van der Waals surface area contributed by atoms with Gasteiger partial charge in [0.1, 0.15) is 0 Å². The van der Waals surface area contributed by atoms with E-state index in [1.54, 1.807) is 31.3 Å². The molecule has 0 unspecified atom stereocenters. The van der Waals surface area contributed by atoms with Gasteiger partial charge in [-0.3, -0.25) is 0 Å². The third-order valence-electron chi connectivity index (χ3n) is 2.89. The number of nitrogens with zero attached hydrogens (tertiary/aromatic N) is 1. The van der Waals surface area contributed by atoms with Crippen LogP contribution in [0.4, 0.5) is 0 Å². The number of rotatable bonds is 6. The first-order chi connectivity index (χ1) is 8.37. The van der Waals surface area contributed by atoms with Crippen LogP contribution in [0.15, 0.2) is 29.2 Å². The van der Waals surface area contributed by atoms with Crippen molar-refractivity contribution in [2.45, 2.75) is 31.7 Å². The molecule has 0 aliphatic rings. The molecule has 0 heterocycles. The van der Waals surface area contributed by atoms with E-state index in [-0.39, 0.29) is 0 Å². The van der Waals surface area contributed by atoms with Gasteiger partial charge in [0.25, 0.3) is 0 Å². The summed E-state index contributed by atoms with van der Waals surface area (Å²) >= 11 is 0. The van der Waals surface area contributed by atoms with Crippen molar-refractivity contribution in [3.8, 4) is 0 Å². The first-order valence-corrected chi connectivity index (χ1v) is 7.57. The summed E-state index contributed by atoms with van der Waals surface area (Å²) in [5.74, 6) is 0.488. The minimum absolute atomic E-state index is 0.325. The lowest BCUT2D eigenvalue weighted by Crippen LogP contribution is -2.28. The molecule has 2 N–H and O–H groups in total. The fourth-order valence-corrected chi connectivity index (χ4v) is 2.72. The molecule has 1 aromatic carbocycles. The molecule has 0 bridgehead atoms. The molecule has 0 radical (unpaired) electrons. The molecule has 0 saturated heterocycles. The predicted molar refractivity (Wildman–Crippen MR) is 73.6 cm³/mol. The highest BCUT2D eigenvalue weighted by atomic mass is 32.2. The Bertz CT molecular complexity index is 466. The van der Waals surface area contributed by atoms with Crippen molar-refractivity contribution in [1.82, 2.24) is 4.31 Å². The van der Waals surface area contributed by atoms with Crippen LogP contribution in [0.1, 0.15) is 25.8 Å². The Morgan fingerprint density at radius 3 is 2.22 bits per heavy atom. The van der Waals surface area contributed by atoms with Gasteiger partial charge >= 0.3 is 0 Å².